The molecule has 7 nitrogen and oxygen atoms in total. The predicted octanol–water partition coefficient (Wildman–Crippen LogP) is 2.16. The molecule has 1 aliphatic rings. The number of rotatable bonds is 4. The lowest BCUT2D eigenvalue weighted by Gasteiger charge is -2.19. The summed E-state index contributed by atoms with van der Waals surface area (Å²) in [5.74, 6) is 1.25. The number of aryl methyl sites for hydroxylation is 1. The minimum Gasteiger partial charge on any atom is -0.317 e. The second-order valence-corrected chi connectivity index (χ2v) is 6.03. The molecule has 0 unspecified atom stereocenters. The van der Waals surface area contributed by atoms with Gasteiger partial charge in [-0.05, 0) is 45.0 Å². The van der Waals surface area contributed by atoms with Crippen LogP contribution in [-0.4, -0.2) is 39.5 Å². The number of hydrogen-bond acceptors (Lipinski definition) is 5. The van der Waals surface area contributed by atoms with Crippen LogP contribution in [0.5, 0.6) is 0 Å². The molecule has 0 bridgehead atoms. The van der Waals surface area contributed by atoms with Crippen LogP contribution >= 0.6 is 12.4 Å². The Morgan fingerprint density at radius 2 is 1.76 bits per heavy atom. The van der Waals surface area contributed by atoms with Gasteiger partial charge in [-0.25, -0.2) is 4.68 Å². The molecular formula is C17H22ClN5O2. The number of aromatic nitrogens is 3. The average Bonchev–Trinajstić information content (AvgIpc) is 2.96. The number of piperidine rings is 1. The topological polar surface area (TPSA) is 88.9 Å². The number of nitrogens with zero attached hydrogens (tertiary/aromatic N) is 3. The minimum absolute atomic E-state index is 0. The van der Waals surface area contributed by atoms with Crippen molar-refractivity contribution in [1.82, 2.24) is 20.1 Å². The molecule has 1 saturated heterocycles. The van der Waals surface area contributed by atoms with E-state index in [-0.39, 0.29) is 24.1 Å². The molecule has 25 heavy (non-hydrogen) atoms. The van der Waals surface area contributed by atoms with Gasteiger partial charge in [-0.3, -0.25) is 14.9 Å². The lowest BCUT2D eigenvalue weighted by atomic mass is 9.98. The number of nitrogens with one attached hydrogen (secondary N) is 2. The molecule has 8 heteroatoms. The molecule has 0 atom stereocenters. The molecule has 3 rings (SSSR count). The lowest BCUT2D eigenvalue weighted by Crippen LogP contribution is -2.27. The van der Waals surface area contributed by atoms with Crippen LogP contribution in [0.3, 0.4) is 0 Å². The predicted molar refractivity (Wildman–Crippen MR) is 97.5 cm³/mol. The Labute approximate surface area is 152 Å². The molecule has 2 aromatic rings. The molecule has 134 valence electrons. The van der Waals surface area contributed by atoms with Crippen LogP contribution in [0.15, 0.2) is 24.3 Å². The summed E-state index contributed by atoms with van der Waals surface area (Å²) in [6, 6.07) is 6.56. The van der Waals surface area contributed by atoms with Crippen molar-refractivity contribution in [3.05, 3.63) is 41.2 Å². The van der Waals surface area contributed by atoms with Crippen molar-refractivity contribution in [2.24, 2.45) is 7.05 Å². The van der Waals surface area contributed by atoms with Crippen LogP contribution in [0, 0.1) is 0 Å². The second kappa shape index (κ2) is 8.22. The van der Waals surface area contributed by atoms with E-state index in [4.69, 9.17) is 0 Å². The summed E-state index contributed by atoms with van der Waals surface area (Å²) in [5.41, 5.74) is 1.06. The van der Waals surface area contributed by atoms with E-state index in [1.54, 1.807) is 36.0 Å². The number of hydrogen-bond donors (Lipinski definition) is 2. The highest BCUT2D eigenvalue weighted by atomic mass is 35.5. The van der Waals surface area contributed by atoms with E-state index in [0.29, 0.717) is 23.0 Å². The fourth-order valence-electron chi connectivity index (χ4n) is 2.80. The van der Waals surface area contributed by atoms with Crippen molar-refractivity contribution >= 4 is 30.0 Å². The number of carbonyl (C=O) groups excluding carboxylic acids is 2. The molecule has 2 N–H and O–H groups in total. The number of Topliss-reactive ketones (excluding diaryl/α,β-unsaturated/α-hetero) is 1. The molecule has 0 aliphatic carbocycles. The molecule has 2 heterocycles. The molecule has 1 aromatic heterocycles. The first kappa shape index (κ1) is 19.1. The lowest BCUT2D eigenvalue weighted by molar-refractivity contribution is 0.100. The first-order valence-electron chi connectivity index (χ1n) is 8.08. The average molecular weight is 364 g/mol. The van der Waals surface area contributed by atoms with Crippen molar-refractivity contribution in [3.63, 3.8) is 0 Å². The molecule has 1 amide bonds. The van der Waals surface area contributed by atoms with Crippen LogP contribution < -0.4 is 10.6 Å². The summed E-state index contributed by atoms with van der Waals surface area (Å²) in [6.45, 7) is 3.43. The molecule has 0 saturated carbocycles. The summed E-state index contributed by atoms with van der Waals surface area (Å²) in [7, 11) is 1.77. The third-order valence-electron chi connectivity index (χ3n) is 4.26. The molecule has 1 aliphatic heterocycles. The number of halogens is 1. The summed E-state index contributed by atoms with van der Waals surface area (Å²) in [5, 5.41) is 10.5. The number of benzene rings is 1. The van der Waals surface area contributed by atoms with Gasteiger partial charge in [0.05, 0.1) is 0 Å². The van der Waals surface area contributed by atoms with Crippen molar-refractivity contribution in [1.29, 1.82) is 0 Å². The number of ketones is 1. The first-order valence-corrected chi connectivity index (χ1v) is 8.08. The van der Waals surface area contributed by atoms with Gasteiger partial charge in [0.1, 0.15) is 0 Å². The maximum atomic E-state index is 12.3. The largest absolute Gasteiger partial charge is 0.317 e. The Balaban J connectivity index is 0.00000225. The summed E-state index contributed by atoms with van der Waals surface area (Å²) in [4.78, 5) is 28.1. The maximum absolute atomic E-state index is 12.3. The van der Waals surface area contributed by atoms with Gasteiger partial charge in [0.2, 0.25) is 5.95 Å². The molecule has 0 spiro atoms. The highest BCUT2D eigenvalue weighted by Crippen LogP contribution is 2.23. The third-order valence-corrected chi connectivity index (χ3v) is 4.26. The normalized spacial score (nSPS) is 14.6. The van der Waals surface area contributed by atoms with Gasteiger partial charge in [-0.2, -0.15) is 10.1 Å². The fraction of sp³-hybridized carbons (Fsp3) is 0.412. The van der Waals surface area contributed by atoms with E-state index in [0.717, 1.165) is 31.8 Å². The summed E-state index contributed by atoms with van der Waals surface area (Å²) in [6.07, 6.45) is 2.01. The first-order chi connectivity index (χ1) is 11.5. The van der Waals surface area contributed by atoms with Crippen molar-refractivity contribution in [2.45, 2.75) is 25.7 Å². The second-order valence-electron chi connectivity index (χ2n) is 6.03. The minimum atomic E-state index is -0.266. The highest BCUT2D eigenvalue weighted by Gasteiger charge is 2.21. The van der Waals surface area contributed by atoms with E-state index >= 15 is 0 Å². The Hall–Kier alpha value is -2.25. The van der Waals surface area contributed by atoms with Crippen LogP contribution in [0.1, 0.15) is 52.2 Å². The highest BCUT2D eigenvalue weighted by molar-refractivity contribution is 6.04. The van der Waals surface area contributed by atoms with Gasteiger partial charge < -0.3 is 5.32 Å². The molecule has 0 radical (unpaired) electrons. The van der Waals surface area contributed by atoms with Crippen LogP contribution in [-0.2, 0) is 7.05 Å². The van der Waals surface area contributed by atoms with Gasteiger partial charge >= 0.3 is 0 Å². The Bertz CT molecular complexity index is 751. The molecule has 1 fully saturated rings. The number of amides is 1. The monoisotopic (exact) mass is 363 g/mol. The van der Waals surface area contributed by atoms with Crippen LogP contribution in [0.2, 0.25) is 0 Å². The smallest absolute Gasteiger partial charge is 0.258 e. The zero-order valence-electron chi connectivity index (χ0n) is 14.3. The van der Waals surface area contributed by atoms with Gasteiger partial charge in [-0.1, -0.05) is 12.1 Å². The number of anilines is 1. The van der Waals surface area contributed by atoms with E-state index in [2.05, 4.69) is 20.7 Å². The van der Waals surface area contributed by atoms with Gasteiger partial charge in [-0.15, -0.1) is 12.4 Å². The zero-order chi connectivity index (χ0) is 17.1. The Morgan fingerprint density at radius 3 is 2.36 bits per heavy atom. The van der Waals surface area contributed by atoms with E-state index in [1.807, 2.05) is 0 Å². The Morgan fingerprint density at radius 1 is 1.16 bits per heavy atom. The molecular weight excluding hydrogens is 342 g/mol. The van der Waals surface area contributed by atoms with E-state index in [1.165, 1.54) is 6.92 Å². The SMILES string of the molecule is CC(=O)c1ccc(C(=O)Nc2nc(C3CCNCC3)nn2C)cc1.Cl. The molecule has 1 aromatic carbocycles. The fourth-order valence-corrected chi connectivity index (χ4v) is 2.80. The zero-order valence-corrected chi connectivity index (χ0v) is 15.1. The van der Waals surface area contributed by atoms with E-state index in [9.17, 15) is 9.59 Å². The van der Waals surface area contributed by atoms with Gasteiger partial charge in [0.25, 0.3) is 5.91 Å². The van der Waals surface area contributed by atoms with E-state index < -0.39 is 0 Å². The third kappa shape index (κ3) is 4.43. The standard InChI is InChI=1S/C17H21N5O2.ClH/c1-11(23)12-3-5-14(6-4-12)16(24)20-17-19-15(21-22(17)2)13-7-9-18-10-8-13;/h3-6,13,18H,7-10H2,1-2H3,(H,19,20,21,24);1H. The van der Waals surface area contributed by atoms with Gasteiger partial charge in [0, 0.05) is 24.1 Å². The van der Waals surface area contributed by atoms with Crippen molar-refractivity contribution in [3.8, 4) is 0 Å². The van der Waals surface area contributed by atoms with Gasteiger partial charge in [0.15, 0.2) is 11.6 Å². The summed E-state index contributed by atoms with van der Waals surface area (Å²) >= 11 is 0. The van der Waals surface area contributed by atoms with Crippen LogP contribution in [0.4, 0.5) is 5.95 Å². The quantitative estimate of drug-likeness (QED) is 0.812. The Kier molecular flexibility index (Phi) is 6.27. The van der Waals surface area contributed by atoms with Crippen molar-refractivity contribution in [2.75, 3.05) is 18.4 Å². The van der Waals surface area contributed by atoms with Crippen molar-refractivity contribution < 1.29 is 9.59 Å². The maximum Gasteiger partial charge on any atom is 0.258 e. The van der Waals surface area contributed by atoms with Crippen LogP contribution in [0.25, 0.3) is 0 Å². The summed E-state index contributed by atoms with van der Waals surface area (Å²) < 4.78 is 1.60. The number of carbonyl (C=O) groups is 2.